The summed E-state index contributed by atoms with van der Waals surface area (Å²) in [6.07, 6.45) is 5.42. The Bertz CT molecular complexity index is 109. The topological polar surface area (TPSA) is 26.3 Å². The minimum atomic E-state index is -0.749. The van der Waals surface area contributed by atoms with Crippen LogP contribution in [-0.4, -0.2) is 5.97 Å². The second kappa shape index (κ2) is 11.0. The van der Waals surface area contributed by atoms with Gasteiger partial charge in [0.1, 0.15) is 0 Å². The molecule has 0 aliphatic rings. The van der Waals surface area contributed by atoms with Crippen molar-refractivity contribution in [3.63, 3.8) is 0 Å². The van der Waals surface area contributed by atoms with E-state index in [-0.39, 0.29) is 25.9 Å². The molecule has 0 aliphatic heterocycles. The molecule has 2 nitrogen and oxygen atoms in total. The van der Waals surface area contributed by atoms with Gasteiger partial charge in [0, 0.05) is 30.4 Å². The average Bonchev–Trinajstić information content (AvgIpc) is 2.04. The number of unbranched alkanes of at least 4 members (excludes halogenated alkanes) is 4. The fraction of sp³-hybridized carbons (Fsp3) is 0.875. The Labute approximate surface area is 85.5 Å². The normalized spacial score (nSPS) is 8.83. The second-order valence-corrected chi connectivity index (χ2v) is 2.61. The van der Waals surface area contributed by atoms with Gasteiger partial charge < -0.3 is 0 Å². The van der Waals surface area contributed by atoms with Gasteiger partial charge in [0.15, 0.2) is 0 Å². The maximum atomic E-state index is 11.1. The molecule has 0 aliphatic carbocycles. The molecule has 0 aromatic heterocycles. The van der Waals surface area contributed by atoms with E-state index in [0.717, 1.165) is 19.3 Å². The summed E-state index contributed by atoms with van der Waals surface area (Å²) in [6, 6.07) is 0. The zero-order chi connectivity index (χ0) is 8.53. The van der Waals surface area contributed by atoms with Crippen LogP contribution in [0.5, 0.6) is 0 Å². The van der Waals surface area contributed by atoms with Crippen molar-refractivity contribution >= 4 is 5.97 Å². The van der Waals surface area contributed by atoms with Gasteiger partial charge in [-0.25, -0.2) is 4.79 Å². The molecule has 0 aromatic rings. The van der Waals surface area contributed by atoms with Crippen LogP contribution >= 0.6 is 0 Å². The predicted octanol–water partition coefficient (Wildman–Crippen LogP) is 2.77. The fourth-order valence-electron chi connectivity index (χ4n) is 0.911. The first kappa shape index (κ1) is 14.5. The Kier molecular flexibility index (Phi) is 13.4. The molecule has 0 amide bonds. The Balaban J connectivity index is 0. The zero-order valence-electron chi connectivity index (χ0n) is 7.64. The van der Waals surface area contributed by atoms with Gasteiger partial charge in [-0.3, -0.25) is 4.94 Å². The van der Waals surface area contributed by atoms with Crippen molar-refractivity contribution in [3.8, 4) is 0 Å². The molecule has 0 bridgehead atoms. The number of rotatable bonds is 6. The number of hydrogen-bond donors (Lipinski definition) is 0. The van der Waals surface area contributed by atoms with Gasteiger partial charge in [0.2, 0.25) is 0 Å². The third kappa shape index (κ3) is 10.0. The Morgan fingerprint density at radius 3 is 2.33 bits per heavy atom. The molecule has 0 saturated carbocycles. The third-order valence-corrected chi connectivity index (χ3v) is 1.57. The Morgan fingerprint density at radius 2 is 1.83 bits per heavy atom. The van der Waals surface area contributed by atoms with E-state index < -0.39 is 5.97 Å². The van der Waals surface area contributed by atoms with Crippen molar-refractivity contribution in [1.82, 2.24) is 0 Å². The number of carbonyl (C=O) groups is 1. The SMILES string of the molecule is CCCCCCCC(=O)OF.[Zn]. The molecule has 68 valence electrons. The molecule has 0 heterocycles. The first-order valence-electron chi connectivity index (χ1n) is 4.12. The summed E-state index contributed by atoms with van der Waals surface area (Å²) in [5.41, 5.74) is 0. The molecular weight excluding hydrogens is 212 g/mol. The summed E-state index contributed by atoms with van der Waals surface area (Å²) in [7, 11) is 0. The summed E-state index contributed by atoms with van der Waals surface area (Å²) in [5, 5.41) is 0. The van der Waals surface area contributed by atoms with Crippen molar-refractivity contribution in [3.05, 3.63) is 0 Å². The molecule has 0 unspecified atom stereocenters. The molecule has 0 fully saturated rings. The Morgan fingerprint density at radius 1 is 1.25 bits per heavy atom. The first-order chi connectivity index (χ1) is 5.31. The summed E-state index contributed by atoms with van der Waals surface area (Å²) in [6.45, 7) is 2.12. The monoisotopic (exact) mass is 226 g/mol. The van der Waals surface area contributed by atoms with E-state index >= 15 is 0 Å². The van der Waals surface area contributed by atoms with Crippen LogP contribution in [0.25, 0.3) is 0 Å². The van der Waals surface area contributed by atoms with Crippen molar-refractivity contribution in [2.75, 3.05) is 0 Å². The van der Waals surface area contributed by atoms with E-state index in [0.29, 0.717) is 0 Å². The van der Waals surface area contributed by atoms with Gasteiger partial charge >= 0.3 is 5.97 Å². The molecule has 0 saturated heterocycles. The molecule has 0 rings (SSSR count). The van der Waals surface area contributed by atoms with Crippen LogP contribution in [0.1, 0.15) is 45.4 Å². The molecule has 4 heteroatoms. The van der Waals surface area contributed by atoms with E-state index in [9.17, 15) is 9.32 Å². The van der Waals surface area contributed by atoms with Crippen molar-refractivity contribution in [1.29, 1.82) is 0 Å². The van der Waals surface area contributed by atoms with Crippen molar-refractivity contribution in [2.45, 2.75) is 45.4 Å². The summed E-state index contributed by atoms with van der Waals surface area (Å²) < 4.78 is 11.1. The van der Waals surface area contributed by atoms with E-state index in [1.54, 1.807) is 0 Å². The van der Waals surface area contributed by atoms with Crippen LogP contribution < -0.4 is 0 Å². The van der Waals surface area contributed by atoms with E-state index in [1.165, 1.54) is 12.8 Å². The van der Waals surface area contributed by atoms with Crippen molar-refractivity contribution < 1.29 is 33.7 Å². The molecule has 12 heavy (non-hydrogen) atoms. The molecule has 0 aromatic carbocycles. The van der Waals surface area contributed by atoms with Crippen molar-refractivity contribution in [2.24, 2.45) is 0 Å². The van der Waals surface area contributed by atoms with Gasteiger partial charge in [0.25, 0.3) is 0 Å². The summed E-state index contributed by atoms with van der Waals surface area (Å²) in [5.74, 6) is -0.749. The Hall–Kier alpha value is 0.0234. The maximum absolute atomic E-state index is 11.1. The maximum Gasteiger partial charge on any atom is 0.348 e. The summed E-state index contributed by atoms with van der Waals surface area (Å²) in [4.78, 5) is 13.3. The fourth-order valence-corrected chi connectivity index (χ4v) is 0.911. The quantitative estimate of drug-likeness (QED) is 0.515. The average molecular weight is 228 g/mol. The van der Waals surface area contributed by atoms with Crippen LogP contribution in [0.3, 0.4) is 0 Å². The van der Waals surface area contributed by atoms with Gasteiger partial charge in [-0.15, -0.1) is 0 Å². The third-order valence-electron chi connectivity index (χ3n) is 1.57. The van der Waals surface area contributed by atoms with Gasteiger partial charge in [-0.2, -0.15) is 0 Å². The molecule has 0 radical (unpaired) electrons. The minimum absolute atomic E-state index is 0. The first-order valence-corrected chi connectivity index (χ1v) is 4.12. The minimum Gasteiger partial charge on any atom is -0.255 e. The van der Waals surface area contributed by atoms with E-state index in [4.69, 9.17) is 0 Å². The molecular formula is C8H15FO2Zn. The molecule has 0 N–H and O–H groups in total. The van der Waals surface area contributed by atoms with E-state index in [2.05, 4.69) is 11.9 Å². The van der Waals surface area contributed by atoms with Gasteiger partial charge in [-0.1, -0.05) is 32.6 Å². The predicted molar refractivity (Wildman–Crippen MR) is 40.6 cm³/mol. The zero-order valence-corrected chi connectivity index (χ0v) is 10.6. The number of carbonyl (C=O) groups excluding carboxylic acids is 1. The summed E-state index contributed by atoms with van der Waals surface area (Å²) >= 11 is 0. The smallest absolute Gasteiger partial charge is 0.255 e. The number of hydrogen-bond acceptors (Lipinski definition) is 2. The van der Waals surface area contributed by atoms with Gasteiger partial charge in [-0.05, 0) is 6.42 Å². The van der Waals surface area contributed by atoms with Crippen LogP contribution in [0.2, 0.25) is 0 Å². The van der Waals surface area contributed by atoms with Crippen LogP contribution in [0.15, 0.2) is 0 Å². The molecule has 0 atom stereocenters. The molecule has 0 spiro atoms. The number of halogens is 1. The van der Waals surface area contributed by atoms with Crippen LogP contribution in [0, 0.1) is 0 Å². The van der Waals surface area contributed by atoms with Gasteiger partial charge in [0.05, 0.1) is 0 Å². The largest absolute Gasteiger partial charge is 0.348 e. The standard InChI is InChI=1S/C8H15FO2.Zn/c1-2-3-4-5-6-7-8(10)11-9;/h2-7H2,1H3;. The van der Waals surface area contributed by atoms with Crippen LogP contribution in [-0.2, 0) is 29.2 Å². The van der Waals surface area contributed by atoms with E-state index in [1.807, 2.05) is 0 Å². The second-order valence-electron chi connectivity index (χ2n) is 2.61. The van der Waals surface area contributed by atoms with Crippen LogP contribution in [0.4, 0.5) is 4.53 Å².